The first kappa shape index (κ1) is 12.5. The van der Waals surface area contributed by atoms with Crippen LogP contribution >= 0.6 is 0 Å². The molecule has 3 nitrogen and oxygen atoms in total. The molecule has 1 aliphatic rings. The lowest BCUT2D eigenvalue weighted by molar-refractivity contribution is 0.233. The minimum absolute atomic E-state index is 0.146. The highest BCUT2D eigenvalue weighted by Gasteiger charge is 2.15. The van der Waals surface area contributed by atoms with Crippen molar-refractivity contribution in [3.63, 3.8) is 0 Å². The zero-order valence-corrected chi connectivity index (χ0v) is 11.2. The Morgan fingerprint density at radius 3 is 2.47 bits per heavy atom. The van der Waals surface area contributed by atoms with Gasteiger partial charge in [-0.1, -0.05) is 26.8 Å². The van der Waals surface area contributed by atoms with Gasteiger partial charge in [-0.25, -0.2) is 0 Å². The van der Waals surface area contributed by atoms with Gasteiger partial charge in [0.2, 0.25) is 0 Å². The number of aromatic nitrogens is 1. The van der Waals surface area contributed by atoms with E-state index in [1.807, 2.05) is 6.20 Å². The van der Waals surface area contributed by atoms with Crippen molar-refractivity contribution in [2.45, 2.75) is 32.7 Å². The van der Waals surface area contributed by atoms with Gasteiger partial charge >= 0.3 is 0 Å². The number of hydrogen-bond acceptors (Lipinski definition) is 3. The van der Waals surface area contributed by atoms with Crippen LogP contribution < -0.4 is 5.32 Å². The Kier molecular flexibility index (Phi) is 3.79. The lowest BCUT2D eigenvalue weighted by Gasteiger charge is -2.27. The van der Waals surface area contributed by atoms with Gasteiger partial charge in [-0.15, -0.1) is 0 Å². The van der Waals surface area contributed by atoms with E-state index in [2.05, 4.69) is 48.1 Å². The molecule has 0 aromatic carbocycles. The minimum atomic E-state index is 0.146. The van der Waals surface area contributed by atoms with Crippen LogP contribution in [0, 0.1) is 0 Å². The average Bonchev–Trinajstić information content (AvgIpc) is 2.30. The minimum Gasteiger partial charge on any atom is -0.314 e. The fraction of sp³-hybridized carbons (Fsp3) is 0.643. The molecule has 0 aliphatic carbocycles. The predicted octanol–water partition coefficient (Wildman–Crippen LogP) is 1.78. The Balaban J connectivity index is 1.98. The van der Waals surface area contributed by atoms with Gasteiger partial charge in [0.15, 0.2) is 0 Å². The van der Waals surface area contributed by atoms with Crippen LogP contribution in [0.2, 0.25) is 0 Å². The second-order valence-electron chi connectivity index (χ2n) is 5.83. The van der Waals surface area contributed by atoms with E-state index >= 15 is 0 Å². The third kappa shape index (κ3) is 3.51. The Morgan fingerprint density at radius 1 is 1.24 bits per heavy atom. The molecule has 0 amide bonds. The summed E-state index contributed by atoms with van der Waals surface area (Å²) in [6.07, 6.45) is 2.03. The van der Waals surface area contributed by atoms with Crippen molar-refractivity contribution in [1.29, 1.82) is 0 Å². The molecule has 0 bridgehead atoms. The third-order valence-corrected chi connectivity index (χ3v) is 3.21. The van der Waals surface area contributed by atoms with E-state index in [1.165, 1.54) is 11.3 Å². The number of nitrogens with zero attached hydrogens (tertiary/aromatic N) is 2. The average molecular weight is 233 g/mol. The van der Waals surface area contributed by atoms with Gasteiger partial charge in [0.1, 0.15) is 0 Å². The van der Waals surface area contributed by atoms with Crippen molar-refractivity contribution in [2.75, 3.05) is 26.2 Å². The van der Waals surface area contributed by atoms with Crippen LogP contribution in [0.3, 0.4) is 0 Å². The van der Waals surface area contributed by atoms with Crippen LogP contribution in [-0.2, 0) is 12.0 Å². The first-order chi connectivity index (χ1) is 8.05. The van der Waals surface area contributed by atoms with E-state index in [0.717, 1.165) is 32.7 Å². The molecule has 1 N–H and O–H groups in total. The highest BCUT2D eigenvalue weighted by molar-refractivity contribution is 5.19. The largest absolute Gasteiger partial charge is 0.314 e. The molecule has 0 unspecified atom stereocenters. The van der Waals surface area contributed by atoms with Crippen molar-refractivity contribution < 1.29 is 0 Å². The maximum atomic E-state index is 4.57. The fourth-order valence-electron chi connectivity index (χ4n) is 2.09. The molecule has 1 fully saturated rings. The maximum absolute atomic E-state index is 4.57. The van der Waals surface area contributed by atoms with Crippen molar-refractivity contribution in [2.24, 2.45) is 0 Å². The summed E-state index contributed by atoms with van der Waals surface area (Å²) >= 11 is 0. The van der Waals surface area contributed by atoms with Crippen LogP contribution in [0.4, 0.5) is 0 Å². The SMILES string of the molecule is CC(C)(C)c1ccc(CN2CCNCC2)cn1. The van der Waals surface area contributed by atoms with E-state index in [4.69, 9.17) is 0 Å². The van der Waals surface area contributed by atoms with Gasteiger partial charge in [0.05, 0.1) is 0 Å². The summed E-state index contributed by atoms with van der Waals surface area (Å²) < 4.78 is 0. The number of rotatable bonds is 2. The van der Waals surface area contributed by atoms with Gasteiger partial charge in [-0.2, -0.15) is 0 Å². The quantitative estimate of drug-likeness (QED) is 0.844. The monoisotopic (exact) mass is 233 g/mol. The van der Waals surface area contributed by atoms with E-state index in [0.29, 0.717) is 0 Å². The van der Waals surface area contributed by atoms with E-state index in [9.17, 15) is 0 Å². The molecule has 2 rings (SSSR count). The highest BCUT2D eigenvalue weighted by atomic mass is 15.2. The van der Waals surface area contributed by atoms with Gasteiger partial charge in [-0.05, 0) is 11.6 Å². The molecule has 0 spiro atoms. The number of nitrogens with one attached hydrogen (secondary N) is 1. The Morgan fingerprint density at radius 2 is 1.94 bits per heavy atom. The molecule has 1 aliphatic heterocycles. The van der Waals surface area contributed by atoms with Gasteiger partial charge in [0.25, 0.3) is 0 Å². The molecule has 3 heteroatoms. The van der Waals surface area contributed by atoms with E-state index < -0.39 is 0 Å². The molecule has 0 radical (unpaired) electrons. The lowest BCUT2D eigenvalue weighted by atomic mass is 9.91. The molecular weight excluding hydrogens is 210 g/mol. The Hall–Kier alpha value is -0.930. The number of pyridine rings is 1. The van der Waals surface area contributed by atoms with Crippen LogP contribution in [0.1, 0.15) is 32.0 Å². The maximum Gasteiger partial charge on any atom is 0.0457 e. The van der Waals surface area contributed by atoms with Crippen molar-refractivity contribution in [3.05, 3.63) is 29.6 Å². The molecule has 1 saturated heterocycles. The second kappa shape index (κ2) is 5.15. The molecule has 2 heterocycles. The standard InChI is InChI=1S/C14H23N3/c1-14(2,3)13-5-4-12(10-16-13)11-17-8-6-15-7-9-17/h4-5,10,15H,6-9,11H2,1-3H3. The summed E-state index contributed by atoms with van der Waals surface area (Å²) in [6, 6.07) is 4.38. The van der Waals surface area contributed by atoms with Crippen LogP contribution in [0.15, 0.2) is 18.3 Å². The van der Waals surface area contributed by atoms with Crippen LogP contribution in [0.5, 0.6) is 0 Å². The summed E-state index contributed by atoms with van der Waals surface area (Å²) in [5, 5.41) is 3.37. The number of hydrogen-bond donors (Lipinski definition) is 1. The molecule has 1 aromatic rings. The van der Waals surface area contributed by atoms with Crippen molar-refractivity contribution >= 4 is 0 Å². The van der Waals surface area contributed by atoms with E-state index in [1.54, 1.807) is 0 Å². The lowest BCUT2D eigenvalue weighted by Crippen LogP contribution is -2.42. The Labute approximate surface area is 104 Å². The molecule has 94 valence electrons. The van der Waals surface area contributed by atoms with Gasteiger partial charge in [-0.3, -0.25) is 9.88 Å². The van der Waals surface area contributed by atoms with Gasteiger partial charge < -0.3 is 5.32 Å². The first-order valence-corrected chi connectivity index (χ1v) is 6.44. The summed E-state index contributed by atoms with van der Waals surface area (Å²) in [6.45, 7) is 12.1. The molecule has 0 saturated carbocycles. The summed E-state index contributed by atoms with van der Waals surface area (Å²) in [5.74, 6) is 0. The normalized spacial score (nSPS) is 18.3. The molecular formula is C14H23N3. The molecule has 1 aromatic heterocycles. The fourth-order valence-corrected chi connectivity index (χ4v) is 2.09. The molecule has 17 heavy (non-hydrogen) atoms. The van der Waals surface area contributed by atoms with Crippen LogP contribution in [-0.4, -0.2) is 36.1 Å². The van der Waals surface area contributed by atoms with Crippen molar-refractivity contribution in [1.82, 2.24) is 15.2 Å². The topological polar surface area (TPSA) is 28.2 Å². The second-order valence-corrected chi connectivity index (χ2v) is 5.83. The van der Waals surface area contributed by atoms with Crippen LogP contribution in [0.25, 0.3) is 0 Å². The third-order valence-electron chi connectivity index (χ3n) is 3.21. The summed E-state index contributed by atoms with van der Waals surface area (Å²) in [4.78, 5) is 7.05. The Bertz CT molecular complexity index is 345. The summed E-state index contributed by atoms with van der Waals surface area (Å²) in [7, 11) is 0. The zero-order valence-electron chi connectivity index (χ0n) is 11.2. The highest BCUT2D eigenvalue weighted by Crippen LogP contribution is 2.19. The number of piperazine rings is 1. The predicted molar refractivity (Wildman–Crippen MR) is 71.1 cm³/mol. The molecule has 0 atom stereocenters. The van der Waals surface area contributed by atoms with E-state index in [-0.39, 0.29) is 5.41 Å². The van der Waals surface area contributed by atoms with Gasteiger partial charge in [0, 0.05) is 50.0 Å². The summed E-state index contributed by atoms with van der Waals surface area (Å²) in [5.41, 5.74) is 2.63. The van der Waals surface area contributed by atoms with Crippen molar-refractivity contribution in [3.8, 4) is 0 Å². The smallest absolute Gasteiger partial charge is 0.0457 e. The first-order valence-electron chi connectivity index (χ1n) is 6.44. The zero-order chi connectivity index (χ0) is 12.3.